The van der Waals surface area contributed by atoms with Gasteiger partial charge in [0.1, 0.15) is 18.0 Å². The summed E-state index contributed by atoms with van der Waals surface area (Å²) < 4.78 is 34.8. The van der Waals surface area contributed by atoms with Crippen LogP contribution in [0.25, 0.3) is 22.5 Å². The molecule has 0 fully saturated rings. The maximum absolute atomic E-state index is 14.1. The first-order chi connectivity index (χ1) is 13.7. The average molecular weight is 400 g/mol. The Hall–Kier alpha value is -3.13. The fourth-order valence-electron chi connectivity index (χ4n) is 2.63. The summed E-state index contributed by atoms with van der Waals surface area (Å²) >= 11 is 0. The number of aromatic nitrogens is 3. The number of hydrogen-bond donors (Lipinski definition) is 1. The summed E-state index contributed by atoms with van der Waals surface area (Å²) in [6.07, 6.45) is 1.45. The molecule has 29 heavy (non-hydrogen) atoms. The Morgan fingerprint density at radius 3 is 2.38 bits per heavy atom. The predicted octanol–water partition coefficient (Wildman–Crippen LogP) is 3.90. The van der Waals surface area contributed by atoms with E-state index < -0.39 is 17.0 Å². The first kappa shape index (κ1) is 20.6. The van der Waals surface area contributed by atoms with Crippen molar-refractivity contribution in [1.29, 1.82) is 0 Å². The van der Waals surface area contributed by atoms with Gasteiger partial charge >= 0.3 is 5.97 Å². The molecule has 1 aromatic heterocycles. The minimum absolute atomic E-state index is 0.0558. The molecule has 0 amide bonds. The maximum atomic E-state index is 14.1. The summed E-state index contributed by atoms with van der Waals surface area (Å²) in [5, 5.41) is 4.30. The first-order valence-corrected chi connectivity index (χ1v) is 9.04. The monoisotopic (exact) mass is 400 g/mol. The van der Waals surface area contributed by atoms with Crippen molar-refractivity contribution in [2.24, 2.45) is 11.1 Å². The molecule has 0 bridgehead atoms. The van der Waals surface area contributed by atoms with Crippen LogP contribution in [0, 0.1) is 17.0 Å². The van der Waals surface area contributed by atoms with Crippen LogP contribution < -0.4 is 5.73 Å². The summed E-state index contributed by atoms with van der Waals surface area (Å²) in [5.74, 6) is -1.31. The van der Waals surface area contributed by atoms with Crippen LogP contribution in [0.4, 0.5) is 8.78 Å². The lowest BCUT2D eigenvalue weighted by Crippen LogP contribution is -2.24. The van der Waals surface area contributed by atoms with Gasteiger partial charge in [-0.25, -0.2) is 18.4 Å². The zero-order valence-electron chi connectivity index (χ0n) is 16.4. The highest BCUT2D eigenvalue weighted by molar-refractivity contribution is 5.75. The Morgan fingerprint density at radius 2 is 1.76 bits per heavy atom. The number of ether oxygens (including phenoxy) is 1. The molecule has 3 aromatic rings. The van der Waals surface area contributed by atoms with Gasteiger partial charge in [-0.15, -0.1) is 5.10 Å². The fraction of sp³-hybridized carbons (Fsp3) is 0.286. The Bertz CT molecular complexity index is 1020. The molecule has 0 saturated heterocycles. The zero-order valence-corrected chi connectivity index (χ0v) is 16.4. The Morgan fingerprint density at radius 1 is 1.10 bits per heavy atom. The van der Waals surface area contributed by atoms with Crippen molar-refractivity contribution in [3.05, 3.63) is 59.9 Å². The van der Waals surface area contributed by atoms with Gasteiger partial charge in [-0.05, 0) is 50.1 Å². The second-order valence-electron chi connectivity index (χ2n) is 7.62. The van der Waals surface area contributed by atoms with E-state index in [1.54, 1.807) is 45.0 Å². The lowest BCUT2D eigenvalue weighted by atomic mass is 9.98. The van der Waals surface area contributed by atoms with Gasteiger partial charge in [0.05, 0.1) is 5.41 Å². The SMILES string of the molecule is CC(C)(C)C(=O)OCn1cnc(-c2cccc(-c3cc(F)c(CN)c(F)c3)c2)n1. The van der Waals surface area contributed by atoms with Gasteiger partial charge in [-0.1, -0.05) is 18.2 Å². The molecule has 2 N–H and O–H groups in total. The first-order valence-electron chi connectivity index (χ1n) is 9.04. The lowest BCUT2D eigenvalue weighted by molar-refractivity contribution is -0.157. The van der Waals surface area contributed by atoms with Crippen LogP contribution in [0.2, 0.25) is 0 Å². The van der Waals surface area contributed by atoms with E-state index in [1.807, 2.05) is 0 Å². The molecule has 8 heteroatoms. The number of nitrogens with zero attached hydrogens (tertiary/aromatic N) is 3. The van der Waals surface area contributed by atoms with Crippen molar-refractivity contribution in [1.82, 2.24) is 14.8 Å². The molecule has 0 aliphatic heterocycles. The molecule has 0 atom stereocenters. The molecule has 0 radical (unpaired) electrons. The minimum atomic E-state index is -0.684. The Balaban J connectivity index is 1.82. The standard InChI is InChI=1S/C21H22F2N4O2/c1-21(2,3)20(28)29-12-27-11-25-19(26-27)14-6-4-5-13(7-14)15-8-17(22)16(10-24)18(23)9-15/h4-9,11H,10,12,24H2,1-3H3. The molecular formula is C21H22F2N4O2. The number of nitrogens with two attached hydrogens (primary N) is 1. The van der Waals surface area contributed by atoms with Crippen LogP contribution in [0.15, 0.2) is 42.7 Å². The number of rotatable bonds is 5. The number of benzene rings is 2. The topological polar surface area (TPSA) is 83.0 Å². The Kier molecular flexibility index (Phi) is 5.74. The molecule has 0 saturated carbocycles. The summed E-state index contributed by atoms with van der Waals surface area (Å²) in [6.45, 7) is 5.02. The van der Waals surface area contributed by atoms with Crippen LogP contribution in [-0.4, -0.2) is 20.7 Å². The summed E-state index contributed by atoms with van der Waals surface area (Å²) in [7, 11) is 0. The maximum Gasteiger partial charge on any atom is 0.313 e. The predicted molar refractivity (Wildman–Crippen MR) is 104 cm³/mol. The van der Waals surface area contributed by atoms with E-state index in [9.17, 15) is 13.6 Å². The smallest absolute Gasteiger partial charge is 0.313 e. The molecule has 0 unspecified atom stereocenters. The van der Waals surface area contributed by atoms with Crippen molar-refractivity contribution >= 4 is 5.97 Å². The second-order valence-corrected chi connectivity index (χ2v) is 7.62. The van der Waals surface area contributed by atoms with Gasteiger partial charge in [0.2, 0.25) is 0 Å². The zero-order chi connectivity index (χ0) is 21.2. The van der Waals surface area contributed by atoms with Crippen LogP contribution in [-0.2, 0) is 22.8 Å². The number of carbonyl (C=O) groups excluding carboxylic acids is 1. The number of halogens is 2. The van der Waals surface area contributed by atoms with Gasteiger partial charge in [0, 0.05) is 17.7 Å². The molecule has 2 aromatic carbocycles. The summed E-state index contributed by atoms with van der Waals surface area (Å²) in [5.41, 5.74) is 6.28. The largest absolute Gasteiger partial charge is 0.442 e. The van der Waals surface area contributed by atoms with Crippen LogP contribution >= 0.6 is 0 Å². The molecule has 152 valence electrons. The van der Waals surface area contributed by atoms with Crippen molar-refractivity contribution in [3.63, 3.8) is 0 Å². The fourth-order valence-corrected chi connectivity index (χ4v) is 2.63. The van der Waals surface area contributed by atoms with Gasteiger partial charge < -0.3 is 10.5 Å². The second kappa shape index (κ2) is 8.08. The number of carbonyl (C=O) groups is 1. The highest BCUT2D eigenvalue weighted by Crippen LogP contribution is 2.27. The van der Waals surface area contributed by atoms with Crippen molar-refractivity contribution < 1.29 is 18.3 Å². The summed E-state index contributed by atoms with van der Waals surface area (Å²) in [4.78, 5) is 16.1. The highest BCUT2D eigenvalue weighted by atomic mass is 19.1. The quantitative estimate of drug-likeness (QED) is 0.657. The van der Waals surface area contributed by atoms with Gasteiger partial charge in [-0.2, -0.15) is 0 Å². The highest BCUT2D eigenvalue weighted by Gasteiger charge is 2.23. The minimum Gasteiger partial charge on any atom is -0.442 e. The van der Waals surface area contributed by atoms with E-state index in [2.05, 4.69) is 10.1 Å². The number of hydrogen-bond acceptors (Lipinski definition) is 5. The van der Waals surface area contributed by atoms with Gasteiger partial charge in [-0.3, -0.25) is 4.79 Å². The van der Waals surface area contributed by atoms with E-state index >= 15 is 0 Å². The van der Waals surface area contributed by atoms with Crippen molar-refractivity contribution in [2.45, 2.75) is 34.0 Å². The molecular weight excluding hydrogens is 378 g/mol. The third-order valence-corrected chi connectivity index (χ3v) is 4.28. The van der Waals surface area contributed by atoms with Gasteiger partial charge in [0.25, 0.3) is 0 Å². The van der Waals surface area contributed by atoms with Crippen molar-refractivity contribution in [2.75, 3.05) is 0 Å². The van der Waals surface area contributed by atoms with E-state index in [-0.39, 0.29) is 24.8 Å². The molecule has 0 aliphatic rings. The van der Waals surface area contributed by atoms with Crippen LogP contribution in [0.1, 0.15) is 26.3 Å². The van der Waals surface area contributed by atoms with Crippen molar-refractivity contribution in [3.8, 4) is 22.5 Å². The molecule has 0 aliphatic carbocycles. The van der Waals surface area contributed by atoms with E-state index in [0.29, 0.717) is 22.5 Å². The van der Waals surface area contributed by atoms with Crippen LogP contribution in [0.5, 0.6) is 0 Å². The lowest BCUT2D eigenvalue weighted by Gasteiger charge is -2.16. The third kappa shape index (κ3) is 4.65. The molecule has 1 heterocycles. The van der Waals surface area contributed by atoms with Gasteiger partial charge in [0.15, 0.2) is 12.6 Å². The molecule has 6 nitrogen and oxygen atoms in total. The average Bonchev–Trinajstić information content (AvgIpc) is 3.14. The van der Waals surface area contributed by atoms with E-state index in [1.165, 1.54) is 23.1 Å². The number of esters is 1. The van der Waals surface area contributed by atoms with E-state index in [4.69, 9.17) is 10.5 Å². The van der Waals surface area contributed by atoms with Crippen LogP contribution in [0.3, 0.4) is 0 Å². The third-order valence-electron chi connectivity index (χ3n) is 4.28. The normalized spacial score (nSPS) is 11.5. The Labute approximate surface area is 167 Å². The molecule has 3 rings (SSSR count). The summed E-state index contributed by atoms with van der Waals surface area (Å²) in [6, 6.07) is 9.51. The van der Waals surface area contributed by atoms with E-state index in [0.717, 1.165) is 0 Å². The molecule has 0 spiro atoms.